The maximum absolute atomic E-state index is 10.4. The molecule has 16 heavy (non-hydrogen) atoms. The number of rotatable bonds is 7. The summed E-state index contributed by atoms with van der Waals surface area (Å²) >= 11 is 1.62. The smallest absolute Gasteiger partial charge is 0.303 e. The molecule has 0 unspecified atom stereocenters. The molecule has 0 aliphatic carbocycles. The average molecular weight is 242 g/mol. The number of carboxylic acids is 1. The SMILES string of the molecule is CCN(CC)Cc1ncc(CCC(=O)O)s1. The van der Waals surface area contributed by atoms with Crippen molar-refractivity contribution in [2.24, 2.45) is 0 Å². The van der Waals surface area contributed by atoms with Gasteiger partial charge in [0.15, 0.2) is 0 Å². The van der Waals surface area contributed by atoms with E-state index in [0.717, 1.165) is 29.5 Å². The van der Waals surface area contributed by atoms with Crippen LogP contribution in [0.5, 0.6) is 0 Å². The van der Waals surface area contributed by atoms with E-state index in [1.807, 2.05) is 0 Å². The van der Waals surface area contributed by atoms with Gasteiger partial charge in [-0.25, -0.2) is 4.98 Å². The second kappa shape index (κ2) is 6.60. The van der Waals surface area contributed by atoms with Gasteiger partial charge in [-0.2, -0.15) is 0 Å². The van der Waals surface area contributed by atoms with E-state index >= 15 is 0 Å². The molecule has 1 N–H and O–H groups in total. The van der Waals surface area contributed by atoms with E-state index in [9.17, 15) is 4.79 Å². The Morgan fingerprint density at radius 3 is 2.75 bits per heavy atom. The Morgan fingerprint density at radius 1 is 1.50 bits per heavy atom. The normalized spacial score (nSPS) is 10.9. The first-order valence-corrected chi connectivity index (χ1v) is 6.35. The van der Waals surface area contributed by atoms with Gasteiger partial charge in [-0.05, 0) is 19.5 Å². The minimum Gasteiger partial charge on any atom is -0.481 e. The molecule has 0 bridgehead atoms. The third kappa shape index (κ3) is 4.28. The number of carbonyl (C=O) groups is 1. The van der Waals surface area contributed by atoms with Crippen LogP contribution in [0.4, 0.5) is 0 Å². The minimum absolute atomic E-state index is 0.187. The van der Waals surface area contributed by atoms with Crippen molar-refractivity contribution in [2.75, 3.05) is 13.1 Å². The fourth-order valence-corrected chi connectivity index (χ4v) is 2.37. The van der Waals surface area contributed by atoms with E-state index in [0.29, 0.717) is 6.42 Å². The summed E-state index contributed by atoms with van der Waals surface area (Å²) in [5.74, 6) is -0.751. The zero-order valence-corrected chi connectivity index (χ0v) is 10.6. The molecule has 5 heteroatoms. The summed E-state index contributed by atoms with van der Waals surface area (Å²) in [7, 11) is 0. The number of thiazole rings is 1. The molecule has 1 rings (SSSR count). The lowest BCUT2D eigenvalue weighted by atomic mass is 10.3. The number of hydrogen-bond donors (Lipinski definition) is 1. The third-order valence-electron chi connectivity index (χ3n) is 2.44. The molecule has 0 atom stereocenters. The van der Waals surface area contributed by atoms with E-state index < -0.39 is 5.97 Å². The molecule has 4 nitrogen and oxygen atoms in total. The van der Waals surface area contributed by atoms with E-state index in [2.05, 4.69) is 23.7 Å². The molecular formula is C11H18N2O2S. The standard InChI is InChI=1S/C11H18N2O2S/c1-3-13(4-2)8-10-12-7-9(16-10)5-6-11(14)15/h7H,3-6,8H2,1-2H3,(H,14,15). The summed E-state index contributed by atoms with van der Waals surface area (Å²) < 4.78 is 0. The van der Waals surface area contributed by atoms with E-state index in [1.165, 1.54) is 0 Å². The molecule has 0 fully saturated rings. The minimum atomic E-state index is -0.751. The molecule has 0 aliphatic rings. The van der Waals surface area contributed by atoms with Gasteiger partial charge < -0.3 is 5.11 Å². The van der Waals surface area contributed by atoms with E-state index in [4.69, 9.17) is 5.11 Å². The van der Waals surface area contributed by atoms with Crippen LogP contribution in [0.3, 0.4) is 0 Å². The van der Waals surface area contributed by atoms with Crippen molar-refractivity contribution >= 4 is 17.3 Å². The largest absolute Gasteiger partial charge is 0.481 e. The molecule has 0 saturated carbocycles. The average Bonchev–Trinajstić information content (AvgIpc) is 2.70. The molecule has 0 saturated heterocycles. The summed E-state index contributed by atoms with van der Waals surface area (Å²) in [4.78, 5) is 18.1. The van der Waals surface area contributed by atoms with Crippen molar-refractivity contribution in [3.63, 3.8) is 0 Å². The van der Waals surface area contributed by atoms with Gasteiger partial charge in [0, 0.05) is 11.1 Å². The predicted octanol–water partition coefficient (Wildman–Crippen LogP) is 2.00. The van der Waals surface area contributed by atoms with Crippen LogP contribution in [0.2, 0.25) is 0 Å². The van der Waals surface area contributed by atoms with Gasteiger partial charge in [-0.15, -0.1) is 11.3 Å². The number of aryl methyl sites for hydroxylation is 1. The molecule has 0 radical (unpaired) electrons. The van der Waals surface area contributed by atoms with Gasteiger partial charge in [0.25, 0.3) is 0 Å². The Bertz CT molecular complexity index is 334. The predicted molar refractivity (Wildman–Crippen MR) is 64.7 cm³/mol. The Kier molecular flexibility index (Phi) is 5.42. The first-order chi connectivity index (χ1) is 7.65. The molecule has 1 aromatic heterocycles. The number of hydrogen-bond acceptors (Lipinski definition) is 4. The van der Waals surface area contributed by atoms with Crippen molar-refractivity contribution in [2.45, 2.75) is 33.2 Å². The molecule has 0 aliphatic heterocycles. The highest BCUT2D eigenvalue weighted by atomic mass is 32.1. The summed E-state index contributed by atoms with van der Waals surface area (Å²) in [6, 6.07) is 0. The van der Waals surface area contributed by atoms with Crippen molar-refractivity contribution in [1.82, 2.24) is 9.88 Å². The Morgan fingerprint density at radius 2 is 2.19 bits per heavy atom. The van der Waals surface area contributed by atoms with Crippen LogP contribution in [-0.2, 0) is 17.8 Å². The highest BCUT2D eigenvalue weighted by Gasteiger charge is 2.07. The lowest BCUT2D eigenvalue weighted by Gasteiger charge is -2.15. The summed E-state index contributed by atoms with van der Waals surface area (Å²) in [5.41, 5.74) is 0. The molecule has 0 spiro atoms. The molecule has 0 aromatic carbocycles. The second-order valence-electron chi connectivity index (χ2n) is 3.58. The van der Waals surface area contributed by atoms with Crippen LogP contribution in [-0.4, -0.2) is 34.0 Å². The molecule has 0 amide bonds. The second-order valence-corrected chi connectivity index (χ2v) is 4.78. The molecular weight excluding hydrogens is 224 g/mol. The van der Waals surface area contributed by atoms with Crippen LogP contribution in [0.25, 0.3) is 0 Å². The molecule has 1 heterocycles. The topological polar surface area (TPSA) is 53.4 Å². The van der Waals surface area contributed by atoms with Gasteiger partial charge in [0.05, 0.1) is 13.0 Å². The van der Waals surface area contributed by atoms with Crippen molar-refractivity contribution in [1.29, 1.82) is 0 Å². The number of aliphatic carboxylic acids is 1. The van der Waals surface area contributed by atoms with Gasteiger partial charge in [0.2, 0.25) is 0 Å². The van der Waals surface area contributed by atoms with Crippen LogP contribution in [0.15, 0.2) is 6.20 Å². The number of carboxylic acid groups (broad SMARTS) is 1. The zero-order valence-electron chi connectivity index (χ0n) is 9.77. The number of nitrogens with zero attached hydrogens (tertiary/aromatic N) is 2. The Balaban J connectivity index is 2.47. The zero-order chi connectivity index (χ0) is 12.0. The Labute approximate surface area is 99.9 Å². The lowest BCUT2D eigenvalue weighted by Crippen LogP contribution is -2.21. The van der Waals surface area contributed by atoms with Crippen molar-refractivity contribution < 1.29 is 9.90 Å². The Hall–Kier alpha value is -0.940. The summed E-state index contributed by atoms with van der Waals surface area (Å²) in [6.45, 7) is 7.15. The van der Waals surface area contributed by atoms with Gasteiger partial charge in [-0.3, -0.25) is 9.69 Å². The quantitative estimate of drug-likeness (QED) is 0.794. The van der Waals surface area contributed by atoms with Crippen LogP contribution < -0.4 is 0 Å². The van der Waals surface area contributed by atoms with Gasteiger partial charge in [0.1, 0.15) is 5.01 Å². The van der Waals surface area contributed by atoms with Crippen LogP contribution in [0.1, 0.15) is 30.2 Å². The van der Waals surface area contributed by atoms with E-state index in [1.54, 1.807) is 17.5 Å². The monoisotopic (exact) mass is 242 g/mol. The summed E-state index contributed by atoms with van der Waals surface area (Å²) in [5, 5.41) is 9.65. The van der Waals surface area contributed by atoms with Crippen molar-refractivity contribution in [3.05, 3.63) is 16.1 Å². The molecule has 90 valence electrons. The van der Waals surface area contributed by atoms with Gasteiger partial charge >= 0.3 is 5.97 Å². The first kappa shape index (κ1) is 13.1. The fourth-order valence-electron chi connectivity index (χ4n) is 1.41. The maximum Gasteiger partial charge on any atom is 0.303 e. The van der Waals surface area contributed by atoms with Crippen molar-refractivity contribution in [3.8, 4) is 0 Å². The van der Waals surface area contributed by atoms with Crippen LogP contribution in [0, 0.1) is 0 Å². The molecule has 1 aromatic rings. The maximum atomic E-state index is 10.4. The third-order valence-corrected chi connectivity index (χ3v) is 3.48. The fraction of sp³-hybridized carbons (Fsp3) is 0.636. The van der Waals surface area contributed by atoms with Gasteiger partial charge in [-0.1, -0.05) is 13.8 Å². The number of aromatic nitrogens is 1. The highest BCUT2D eigenvalue weighted by Crippen LogP contribution is 2.16. The summed E-state index contributed by atoms with van der Waals surface area (Å²) in [6.07, 6.45) is 2.57. The first-order valence-electron chi connectivity index (χ1n) is 5.53. The highest BCUT2D eigenvalue weighted by molar-refractivity contribution is 7.11. The van der Waals surface area contributed by atoms with E-state index in [-0.39, 0.29) is 6.42 Å². The lowest BCUT2D eigenvalue weighted by molar-refractivity contribution is -0.136. The van der Waals surface area contributed by atoms with Crippen LogP contribution >= 0.6 is 11.3 Å².